The Balaban J connectivity index is 5.48. The topological polar surface area (TPSA) is 52.6 Å². The van der Waals surface area contributed by atoms with Gasteiger partial charge in [0, 0.05) is 0 Å². The van der Waals surface area contributed by atoms with Crippen LogP contribution >= 0.6 is 0 Å². The molecule has 0 aliphatic heterocycles. The molecule has 0 heterocycles. The molecule has 0 spiro atoms. The van der Waals surface area contributed by atoms with E-state index >= 15 is 0 Å². The summed E-state index contributed by atoms with van der Waals surface area (Å²) in [4.78, 5) is 25.2. The number of allylic oxidation sites excluding steroid dienone is 6. The van der Waals surface area contributed by atoms with Gasteiger partial charge in [0.1, 0.15) is 0 Å². The van der Waals surface area contributed by atoms with Crippen LogP contribution in [-0.2, 0) is 19.1 Å². The van der Waals surface area contributed by atoms with Gasteiger partial charge in [-0.05, 0) is 67.2 Å². The number of hydrogen-bond acceptors (Lipinski definition) is 4. The van der Waals surface area contributed by atoms with E-state index in [1.807, 2.05) is 32.1 Å². The summed E-state index contributed by atoms with van der Waals surface area (Å²) in [6.07, 6.45) is 10.2. The smallest absolute Gasteiger partial charge is 0.324 e. The normalized spacial score (nSPS) is 12.2. The van der Waals surface area contributed by atoms with Crippen LogP contribution in [0.1, 0.15) is 67.2 Å². The number of carbonyl (C=O) groups excluding carboxylic acids is 2. The van der Waals surface area contributed by atoms with Crippen LogP contribution in [0.15, 0.2) is 35.5 Å². The van der Waals surface area contributed by atoms with Gasteiger partial charge in [-0.15, -0.1) is 0 Å². The zero-order chi connectivity index (χ0) is 19.3. The molecule has 0 aromatic carbocycles. The van der Waals surface area contributed by atoms with E-state index in [0.29, 0.717) is 0 Å². The molecule has 0 rings (SSSR count). The van der Waals surface area contributed by atoms with Crippen molar-refractivity contribution in [3.8, 4) is 0 Å². The maximum absolute atomic E-state index is 12.6. The molecule has 0 saturated heterocycles. The lowest BCUT2D eigenvalue weighted by Gasteiger charge is -2.27. The minimum atomic E-state index is -1.31. The average Bonchev–Trinajstić information content (AvgIpc) is 2.55. The van der Waals surface area contributed by atoms with E-state index in [4.69, 9.17) is 9.47 Å². The van der Waals surface area contributed by atoms with Crippen LogP contribution in [0, 0.1) is 5.41 Å². The molecular weight excluding hydrogens is 316 g/mol. The summed E-state index contributed by atoms with van der Waals surface area (Å²) in [6.45, 7) is 12.0. The monoisotopic (exact) mass is 350 g/mol. The Morgan fingerprint density at radius 3 is 1.92 bits per heavy atom. The first-order chi connectivity index (χ1) is 11.8. The molecule has 0 N–H and O–H groups in total. The number of carbonyl (C=O) groups is 2. The second-order valence-electron chi connectivity index (χ2n) is 6.37. The van der Waals surface area contributed by atoms with Crippen LogP contribution in [0.4, 0.5) is 0 Å². The molecular formula is C21H34O4. The maximum atomic E-state index is 12.6. The van der Waals surface area contributed by atoms with Crippen LogP contribution in [0.3, 0.4) is 0 Å². The average molecular weight is 350 g/mol. The van der Waals surface area contributed by atoms with E-state index in [9.17, 15) is 9.59 Å². The van der Waals surface area contributed by atoms with Crippen LogP contribution in [0.2, 0.25) is 0 Å². The highest BCUT2D eigenvalue weighted by Gasteiger charge is 2.47. The van der Waals surface area contributed by atoms with E-state index in [1.165, 1.54) is 5.57 Å². The van der Waals surface area contributed by atoms with Crippen molar-refractivity contribution >= 4 is 11.9 Å². The zero-order valence-electron chi connectivity index (χ0n) is 16.7. The minimum absolute atomic E-state index is 0.235. The Bertz CT molecular complexity index is 490. The van der Waals surface area contributed by atoms with Gasteiger partial charge in [0.05, 0.1) is 13.2 Å². The molecule has 0 amide bonds. The fourth-order valence-electron chi connectivity index (χ4n) is 2.40. The molecule has 0 aromatic rings. The predicted molar refractivity (Wildman–Crippen MR) is 102 cm³/mol. The molecule has 142 valence electrons. The van der Waals surface area contributed by atoms with Gasteiger partial charge in [0.2, 0.25) is 0 Å². The molecule has 0 saturated carbocycles. The predicted octanol–water partition coefficient (Wildman–Crippen LogP) is 5.15. The third-order valence-corrected chi connectivity index (χ3v) is 3.92. The number of esters is 2. The Morgan fingerprint density at radius 1 is 0.920 bits per heavy atom. The summed E-state index contributed by atoms with van der Waals surface area (Å²) in [7, 11) is 0. The Hall–Kier alpha value is -1.84. The van der Waals surface area contributed by atoms with E-state index < -0.39 is 17.4 Å². The summed E-state index contributed by atoms with van der Waals surface area (Å²) < 4.78 is 10.4. The van der Waals surface area contributed by atoms with Crippen LogP contribution in [0.5, 0.6) is 0 Å². The highest BCUT2D eigenvalue weighted by Crippen LogP contribution is 2.33. The second kappa shape index (κ2) is 12.5. The Labute approximate surface area is 153 Å². The van der Waals surface area contributed by atoms with E-state index in [2.05, 4.69) is 19.9 Å². The van der Waals surface area contributed by atoms with Crippen molar-refractivity contribution in [1.82, 2.24) is 0 Å². The standard InChI is InChI=1S/C21H34O4/c1-7-10-15-21(19(22)24-8-2,20(23)25-9-3)16-14-18(6)13-11-12-17(4)5/h7,10,12,14H,8-9,11,13,15-16H2,1-6H3/b10-7+,18-14+. The fraction of sp³-hybridized carbons (Fsp3) is 0.619. The Morgan fingerprint density at radius 2 is 1.48 bits per heavy atom. The van der Waals surface area contributed by atoms with Gasteiger partial charge in [0.25, 0.3) is 0 Å². The largest absolute Gasteiger partial charge is 0.465 e. The van der Waals surface area contributed by atoms with Gasteiger partial charge < -0.3 is 9.47 Å². The quantitative estimate of drug-likeness (QED) is 0.294. The molecule has 25 heavy (non-hydrogen) atoms. The lowest BCUT2D eigenvalue weighted by Crippen LogP contribution is -2.41. The molecule has 0 aliphatic carbocycles. The number of hydrogen-bond donors (Lipinski definition) is 0. The van der Waals surface area contributed by atoms with E-state index in [1.54, 1.807) is 13.8 Å². The first-order valence-electron chi connectivity index (χ1n) is 9.08. The molecule has 4 nitrogen and oxygen atoms in total. The van der Waals surface area contributed by atoms with Gasteiger partial charge >= 0.3 is 11.9 Å². The highest BCUT2D eigenvalue weighted by molar-refractivity contribution is 6.00. The van der Waals surface area contributed by atoms with Gasteiger partial charge in [-0.1, -0.05) is 35.5 Å². The molecule has 0 radical (unpaired) electrons. The third-order valence-electron chi connectivity index (χ3n) is 3.92. The summed E-state index contributed by atoms with van der Waals surface area (Å²) >= 11 is 0. The molecule has 0 bridgehead atoms. The first-order valence-corrected chi connectivity index (χ1v) is 9.08. The van der Waals surface area contributed by atoms with Gasteiger partial charge in [0.15, 0.2) is 5.41 Å². The van der Waals surface area contributed by atoms with Crippen molar-refractivity contribution in [1.29, 1.82) is 0 Å². The molecule has 4 heteroatoms. The molecule has 0 aliphatic rings. The SMILES string of the molecule is C/C=C/CC(C/C=C(\C)CCC=C(C)C)(C(=O)OCC)C(=O)OCC. The van der Waals surface area contributed by atoms with E-state index in [-0.39, 0.29) is 26.1 Å². The van der Waals surface area contributed by atoms with Crippen molar-refractivity contribution in [2.75, 3.05) is 13.2 Å². The maximum Gasteiger partial charge on any atom is 0.324 e. The first kappa shape index (κ1) is 23.2. The van der Waals surface area contributed by atoms with Crippen LogP contribution < -0.4 is 0 Å². The molecule has 0 atom stereocenters. The number of ether oxygens (including phenoxy) is 2. The van der Waals surface area contributed by atoms with Gasteiger partial charge in [-0.3, -0.25) is 9.59 Å². The minimum Gasteiger partial charge on any atom is -0.465 e. The van der Waals surface area contributed by atoms with Crippen LogP contribution in [0.25, 0.3) is 0 Å². The third kappa shape index (κ3) is 8.19. The summed E-state index contributed by atoms with van der Waals surface area (Å²) in [5, 5.41) is 0. The van der Waals surface area contributed by atoms with Gasteiger partial charge in [-0.2, -0.15) is 0 Å². The molecule has 0 aromatic heterocycles. The summed E-state index contributed by atoms with van der Waals surface area (Å²) in [6, 6.07) is 0. The van der Waals surface area contributed by atoms with Crippen molar-refractivity contribution in [3.05, 3.63) is 35.5 Å². The second-order valence-corrected chi connectivity index (χ2v) is 6.37. The lowest BCUT2D eigenvalue weighted by atomic mass is 9.80. The lowest BCUT2D eigenvalue weighted by molar-refractivity contribution is -0.171. The van der Waals surface area contributed by atoms with Crippen molar-refractivity contribution in [2.24, 2.45) is 5.41 Å². The zero-order valence-corrected chi connectivity index (χ0v) is 16.7. The fourth-order valence-corrected chi connectivity index (χ4v) is 2.40. The van der Waals surface area contributed by atoms with Gasteiger partial charge in [-0.25, -0.2) is 0 Å². The van der Waals surface area contributed by atoms with Crippen molar-refractivity contribution in [2.45, 2.75) is 67.2 Å². The van der Waals surface area contributed by atoms with E-state index in [0.717, 1.165) is 18.4 Å². The number of rotatable bonds is 11. The van der Waals surface area contributed by atoms with Crippen LogP contribution in [-0.4, -0.2) is 25.2 Å². The highest BCUT2D eigenvalue weighted by atomic mass is 16.6. The van der Waals surface area contributed by atoms with Crippen molar-refractivity contribution < 1.29 is 19.1 Å². The Kier molecular flexibility index (Phi) is 11.6. The molecule has 0 unspecified atom stereocenters. The summed E-state index contributed by atoms with van der Waals surface area (Å²) in [5.41, 5.74) is 1.13. The molecule has 0 fully saturated rings. The van der Waals surface area contributed by atoms with Crippen molar-refractivity contribution in [3.63, 3.8) is 0 Å². The summed E-state index contributed by atoms with van der Waals surface area (Å²) in [5.74, 6) is -1.03.